The first-order chi connectivity index (χ1) is 20.3. The van der Waals surface area contributed by atoms with E-state index in [2.05, 4.69) is 133 Å². The summed E-state index contributed by atoms with van der Waals surface area (Å²) in [4.78, 5) is 0. The molecular weight excluding hydrogens is 492 g/mol. The van der Waals surface area contributed by atoms with Crippen molar-refractivity contribution in [2.24, 2.45) is 0 Å². The summed E-state index contributed by atoms with van der Waals surface area (Å²) in [6.07, 6.45) is 0. The summed E-state index contributed by atoms with van der Waals surface area (Å²) < 4.78 is 0. The van der Waals surface area contributed by atoms with Crippen LogP contribution in [0.25, 0.3) is 22.3 Å². The van der Waals surface area contributed by atoms with Crippen LogP contribution in [0, 0.1) is 23.7 Å². The molecule has 0 N–H and O–H groups in total. The molecule has 188 valence electrons. The highest BCUT2D eigenvalue weighted by Gasteiger charge is 2.51. The number of benzene rings is 6. The van der Waals surface area contributed by atoms with Crippen LogP contribution in [-0.4, -0.2) is 0 Å². The largest absolute Gasteiger partial charge is 0.0726 e. The van der Waals surface area contributed by atoms with Gasteiger partial charge in [-0.2, -0.15) is 0 Å². The standard InChI is InChI=1S/C41H24/c1-3-11-29(12-4-1)19-21-31-23-25-35-36-26-24-32(22-20-30-13-5-2-6-14-30)28-40(36)41(39(35)27-31)37-17-9-7-15-33(37)34-16-8-10-18-38(34)41/h1-18,23-28H. The fraction of sp³-hybridized carbons (Fsp3) is 0.0244. The van der Waals surface area contributed by atoms with Gasteiger partial charge in [-0.15, -0.1) is 0 Å². The first kappa shape index (κ1) is 23.3. The molecule has 0 radical (unpaired) electrons. The van der Waals surface area contributed by atoms with Crippen molar-refractivity contribution in [1.29, 1.82) is 0 Å². The fourth-order valence-electron chi connectivity index (χ4n) is 6.63. The Bertz CT molecular complexity index is 1940. The van der Waals surface area contributed by atoms with Gasteiger partial charge in [-0.25, -0.2) is 0 Å². The molecule has 8 rings (SSSR count). The van der Waals surface area contributed by atoms with E-state index in [1.165, 1.54) is 44.5 Å². The van der Waals surface area contributed by atoms with Gasteiger partial charge in [0.15, 0.2) is 0 Å². The maximum absolute atomic E-state index is 3.45. The van der Waals surface area contributed by atoms with E-state index in [4.69, 9.17) is 0 Å². The van der Waals surface area contributed by atoms with E-state index >= 15 is 0 Å². The summed E-state index contributed by atoms with van der Waals surface area (Å²) in [5.74, 6) is 13.6. The van der Waals surface area contributed by atoms with E-state index in [1.54, 1.807) is 0 Å². The van der Waals surface area contributed by atoms with E-state index in [9.17, 15) is 0 Å². The summed E-state index contributed by atoms with van der Waals surface area (Å²) in [5, 5.41) is 0. The smallest absolute Gasteiger partial charge is 0.0622 e. The minimum atomic E-state index is -0.424. The lowest BCUT2D eigenvalue weighted by atomic mass is 9.70. The quantitative estimate of drug-likeness (QED) is 0.177. The number of rotatable bonds is 0. The third kappa shape index (κ3) is 3.59. The molecule has 0 heterocycles. The van der Waals surface area contributed by atoms with Crippen molar-refractivity contribution in [2.45, 2.75) is 5.41 Å². The van der Waals surface area contributed by atoms with Crippen LogP contribution in [0.3, 0.4) is 0 Å². The van der Waals surface area contributed by atoms with Gasteiger partial charge in [-0.1, -0.05) is 121 Å². The molecule has 0 nitrogen and oxygen atoms in total. The molecule has 0 aliphatic heterocycles. The van der Waals surface area contributed by atoms with Crippen molar-refractivity contribution >= 4 is 0 Å². The molecule has 0 amide bonds. The summed E-state index contributed by atoms with van der Waals surface area (Å²) in [6, 6.07) is 51.6. The lowest BCUT2D eigenvalue weighted by Gasteiger charge is -2.30. The Morgan fingerprint density at radius 2 is 0.659 bits per heavy atom. The van der Waals surface area contributed by atoms with Crippen molar-refractivity contribution in [3.8, 4) is 45.9 Å². The Kier molecular flexibility index (Phi) is 5.28. The minimum absolute atomic E-state index is 0.424. The molecule has 0 aromatic heterocycles. The third-order valence-corrected chi connectivity index (χ3v) is 8.34. The van der Waals surface area contributed by atoms with Gasteiger partial charge in [0, 0.05) is 22.3 Å². The normalized spacial score (nSPS) is 12.7. The summed E-state index contributed by atoms with van der Waals surface area (Å²) in [6.45, 7) is 0. The SMILES string of the molecule is C(#Cc1ccc2c(c1)C1(c3ccccc3-c3ccccc31)c1cc(C#Cc3ccccc3)ccc1-2)c1ccccc1. The van der Waals surface area contributed by atoms with Crippen molar-refractivity contribution in [1.82, 2.24) is 0 Å². The molecule has 6 aromatic carbocycles. The van der Waals surface area contributed by atoms with Gasteiger partial charge in [-0.05, 0) is 93.0 Å². The molecular formula is C41H24. The second-order valence-electron chi connectivity index (χ2n) is 10.6. The average molecular weight is 517 g/mol. The Morgan fingerprint density at radius 1 is 0.293 bits per heavy atom. The molecule has 6 aromatic rings. The monoisotopic (exact) mass is 516 g/mol. The zero-order valence-corrected chi connectivity index (χ0v) is 22.4. The zero-order chi connectivity index (χ0) is 27.2. The lowest BCUT2D eigenvalue weighted by Crippen LogP contribution is -2.26. The molecule has 1 spiro atoms. The van der Waals surface area contributed by atoms with Crippen molar-refractivity contribution < 1.29 is 0 Å². The van der Waals surface area contributed by atoms with E-state index in [0.717, 1.165) is 22.3 Å². The third-order valence-electron chi connectivity index (χ3n) is 8.34. The molecule has 2 aliphatic rings. The van der Waals surface area contributed by atoms with Crippen LogP contribution in [0.1, 0.15) is 44.5 Å². The predicted octanol–water partition coefficient (Wildman–Crippen LogP) is 8.83. The minimum Gasteiger partial charge on any atom is -0.0622 e. The Labute approximate surface area is 241 Å². The van der Waals surface area contributed by atoms with Crippen LogP contribution >= 0.6 is 0 Å². The average Bonchev–Trinajstić information content (AvgIpc) is 3.50. The van der Waals surface area contributed by atoms with Gasteiger partial charge in [0.05, 0.1) is 5.41 Å². The van der Waals surface area contributed by atoms with E-state index in [1.807, 2.05) is 36.4 Å². The van der Waals surface area contributed by atoms with Gasteiger partial charge >= 0.3 is 0 Å². The molecule has 0 saturated carbocycles. The van der Waals surface area contributed by atoms with Gasteiger partial charge in [0.1, 0.15) is 0 Å². The van der Waals surface area contributed by atoms with Gasteiger partial charge in [0.2, 0.25) is 0 Å². The van der Waals surface area contributed by atoms with Gasteiger partial charge in [-0.3, -0.25) is 0 Å². The number of hydrogen-bond donors (Lipinski definition) is 0. The van der Waals surface area contributed by atoms with Crippen LogP contribution < -0.4 is 0 Å². The van der Waals surface area contributed by atoms with Crippen LogP contribution in [0.5, 0.6) is 0 Å². The highest BCUT2D eigenvalue weighted by Crippen LogP contribution is 2.62. The molecule has 41 heavy (non-hydrogen) atoms. The second kappa shape index (κ2) is 9.27. The van der Waals surface area contributed by atoms with E-state index in [0.29, 0.717) is 0 Å². The number of hydrogen-bond acceptors (Lipinski definition) is 0. The Balaban J connectivity index is 1.39. The topological polar surface area (TPSA) is 0 Å². The maximum atomic E-state index is 3.45. The molecule has 0 heteroatoms. The van der Waals surface area contributed by atoms with E-state index < -0.39 is 5.41 Å². The first-order valence-corrected chi connectivity index (χ1v) is 14.0. The molecule has 0 bridgehead atoms. The highest BCUT2D eigenvalue weighted by molar-refractivity contribution is 5.95. The molecule has 0 saturated heterocycles. The summed E-state index contributed by atoms with van der Waals surface area (Å²) >= 11 is 0. The van der Waals surface area contributed by atoms with Crippen molar-refractivity contribution in [3.63, 3.8) is 0 Å². The van der Waals surface area contributed by atoms with Gasteiger partial charge < -0.3 is 0 Å². The van der Waals surface area contributed by atoms with Crippen LogP contribution in [0.2, 0.25) is 0 Å². The molecule has 0 unspecified atom stereocenters. The van der Waals surface area contributed by atoms with Gasteiger partial charge in [0.25, 0.3) is 0 Å². The summed E-state index contributed by atoms with van der Waals surface area (Å²) in [7, 11) is 0. The first-order valence-electron chi connectivity index (χ1n) is 14.0. The number of fused-ring (bicyclic) bond motifs is 10. The van der Waals surface area contributed by atoms with Crippen molar-refractivity contribution in [2.75, 3.05) is 0 Å². The second-order valence-corrected chi connectivity index (χ2v) is 10.6. The molecule has 0 fully saturated rings. The van der Waals surface area contributed by atoms with Crippen LogP contribution in [-0.2, 0) is 5.41 Å². The highest BCUT2D eigenvalue weighted by atomic mass is 14.5. The summed E-state index contributed by atoms with van der Waals surface area (Å²) in [5.41, 5.74) is 14.0. The Morgan fingerprint density at radius 3 is 1.12 bits per heavy atom. The van der Waals surface area contributed by atoms with Crippen LogP contribution in [0.15, 0.2) is 146 Å². The molecule has 2 aliphatic carbocycles. The maximum Gasteiger partial charge on any atom is 0.0726 e. The predicted molar refractivity (Wildman–Crippen MR) is 168 cm³/mol. The zero-order valence-electron chi connectivity index (χ0n) is 22.4. The lowest BCUT2D eigenvalue weighted by molar-refractivity contribution is 0.793. The van der Waals surface area contributed by atoms with E-state index in [-0.39, 0.29) is 0 Å². The fourth-order valence-corrected chi connectivity index (χ4v) is 6.63. The van der Waals surface area contributed by atoms with Crippen LogP contribution in [0.4, 0.5) is 0 Å². The molecule has 0 atom stereocenters. The van der Waals surface area contributed by atoms with Crippen molar-refractivity contribution in [3.05, 3.63) is 190 Å². The Hall–Kier alpha value is -5.56.